The van der Waals surface area contributed by atoms with Crippen LogP contribution in [0.3, 0.4) is 0 Å². The molecule has 0 aromatic heterocycles. The lowest BCUT2D eigenvalue weighted by Gasteiger charge is -2.33. The first-order valence-corrected chi connectivity index (χ1v) is 7.73. The van der Waals surface area contributed by atoms with E-state index in [1.165, 1.54) is 32.1 Å². The summed E-state index contributed by atoms with van der Waals surface area (Å²) in [4.78, 5) is 0. The van der Waals surface area contributed by atoms with E-state index in [0.29, 0.717) is 12.0 Å². The highest BCUT2D eigenvalue weighted by Gasteiger charge is 2.41. The van der Waals surface area contributed by atoms with Gasteiger partial charge < -0.3 is 4.74 Å². The third kappa shape index (κ3) is 3.06. The monoisotopic (exact) mass is 254 g/mol. The Labute approximate surface area is 112 Å². The lowest BCUT2D eigenvalue weighted by atomic mass is 9.82. The first-order chi connectivity index (χ1) is 8.65. The minimum atomic E-state index is 0.249. The first-order valence-electron chi connectivity index (χ1n) is 7.73. The molecule has 5 unspecified atom stereocenters. The van der Waals surface area contributed by atoms with Crippen LogP contribution < -0.4 is 11.3 Å². The average molecular weight is 254 g/mol. The van der Waals surface area contributed by atoms with Crippen molar-refractivity contribution in [2.75, 3.05) is 6.61 Å². The zero-order valence-electron chi connectivity index (χ0n) is 12.2. The molecule has 0 aromatic carbocycles. The minimum Gasteiger partial charge on any atom is -0.377 e. The fourth-order valence-electron chi connectivity index (χ4n) is 4.25. The van der Waals surface area contributed by atoms with Gasteiger partial charge in [0.1, 0.15) is 0 Å². The lowest BCUT2D eigenvalue weighted by molar-refractivity contribution is -0.00457. The lowest BCUT2D eigenvalue weighted by Crippen LogP contribution is -2.48. The van der Waals surface area contributed by atoms with E-state index in [1.54, 1.807) is 0 Å². The number of ether oxygens (including phenoxy) is 1. The Morgan fingerprint density at radius 3 is 2.50 bits per heavy atom. The van der Waals surface area contributed by atoms with Crippen LogP contribution in [0.5, 0.6) is 0 Å². The topological polar surface area (TPSA) is 47.3 Å². The Kier molecular flexibility index (Phi) is 5.05. The molecule has 2 saturated carbocycles. The third-order valence-corrected chi connectivity index (χ3v) is 5.07. The molecule has 2 rings (SSSR count). The first kappa shape index (κ1) is 14.3. The maximum Gasteiger partial charge on any atom is 0.0764 e. The molecule has 0 radical (unpaired) electrons. The van der Waals surface area contributed by atoms with Crippen molar-refractivity contribution in [1.82, 2.24) is 5.43 Å². The SMILES string of the molecule is CCOC(C(C)C)C(CC1CC2CCC1C2)NN. The Balaban J connectivity index is 1.91. The van der Waals surface area contributed by atoms with Crippen LogP contribution in [0.25, 0.3) is 0 Å². The predicted molar refractivity (Wildman–Crippen MR) is 74.9 cm³/mol. The van der Waals surface area contributed by atoms with Crippen molar-refractivity contribution in [3.63, 3.8) is 0 Å². The van der Waals surface area contributed by atoms with E-state index >= 15 is 0 Å². The quantitative estimate of drug-likeness (QED) is 0.542. The molecule has 2 bridgehead atoms. The molecule has 0 heterocycles. The summed E-state index contributed by atoms with van der Waals surface area (Å²) in [6.07, 6.45) is 7.27. The van der Waals surface area contributed by atoms with E-state index in [-0.39, 0.29) is 6.10 Å². The number of rotatable bonds is 7. The van der Waals surface area contributed by atoms with E-state index in [0.717, 1.165) is 24.4 Å². The standard InChI is InChI=1S/C15H30N2O/c1-4-18-15(10(2)3)14(17-16)9-13-8-11-5-6-12(13)7-11/h10-15,17H,4-9,16H2,1-3H3. The van der Waals surface area contributed by atoms with Crippen molar-refractivity contribution in [3.05, 3.63) is 0 Å². The number of hydrogen-bond acceptors (Lipinski definition) is 3. The van der Waals surface area contributed by atoms with E-state index in [2.05, 4.69) is 26.2 Å². The fourth-order valence-corrected chi connectivity index (χ4v) is 4.25. The van der Waals surface area contributed by atoms with Gasteiger partial charge in [-0.2, -0.15) is 0 Å². The highest BCUT2D eigenvalue weighted by Crippen LogP contribution is 2.50. The Morgan fingerprint density at radius 1 is 1.28 bits per heavy atom. The van der Waals surface area contributed by atoms with Crippen LogP contribution in [0.1, 0.15) is 52.9 Å². The van der Waals surface area contributed by atoms with Gasteiger partial charge in [-0.1, -0.05) is 20.3 Å². The molecule has 106 valence electrons. The number of nitrogens with two attached hydrogens (primary N) is 1. The summed E-state index contributed by atoms with van der Waals surface area (Å²) in [5.74, 6) is 9.18. The molecular weight excluding hydrogens is 224 g/mol. The van der Waals surface area contributed by atoms with Gasteiger partial charge >= 0.3 is 0 Å². The van der Waals surface area contributed by atoms with Crippen molar-refractivity contribution in [2.45, 2.75) is 65.0 Å². The van der Waals surface area contributed by atoms with Crippen molar-refractivity contribution in [1.29, 1.82) is 0 Å². The normalized spacial score (nSPS) is 34.2. The molecule has 5 atom stereocenters. The van der Waals surface area contributed by atoms with E-state index in [4.69, 9.17) is 10.6 Å². The second kappa shape index (κ2) is 6.36. The smallest absolute Gasteiger partial charge is 0.0764 e. The number of hydrazine groups is 1. The molecule has 2 aliphatic carbocycles. The fraction of sp³-hybridized carbons (Fsp3) is 1.00. The largest absolute Gasteiger partial charge is 0.377 e. The van der Waals surface area contributed by atoms with Gasteiger partial charge in [-0.15, -0.1) is 0 Å². The molecule has 0 aromatic rings. The number of hydrogen-bond donors (Lipinski definition) is 2. The van der Waals surface area contributed by atoms with Gasteiger partial charge in [-0.25, -0.2) is 0 Å². The highest BCUT2D eigenvalue weighted by atomic mass is 16.5. The predicted octanol–water partition coefficient (Wildman–Crippen LogP) is 2.71. The van der Waals surface area contributed by atoms with Crippen molar-refractivity contribution in [3.8, 4) is 0 Å². The highest BCUT2D eigenvalue weighted by molar-refractivity contribution is 4.93. The summed E-state index contributed by atoms with van der Waals surface area (Å²) in [6, 6.07) is 0.314. The van der Waals surface area contributed by atoms with E-state index in [1.807, 2.05) is 0 Å². The third-order valence-electron chi connectivity index (χ3n) is 5.07. The van der Waals surface area contributed by atoms with Gasteiger partial charge in [0.05, 0.1) is 6.10 Å². The number of nitrogens with one attached hydrogen (secondary N) is 1. The van der Waals surface area contributed by atoms with Crippen molar-refractivity contribution >= 4 is 0 Å². The Bertz CT molecular complexity index is 257. The van der Waals surface area contributed by atoms with Crippen LogP contribution in [-0.2, 0) is 4.74 Å². The van der Waals surface area contributed by atoms with Gasteiger partial charge in [-0.3, -0.25) is 11.3 Å². The van der Waals surface area contributed by atoms with Gasteiger partial charge in [0.2, 0.25) is 0 Å². The molecule has 2 fully saturated rings. The molecule has 3 nitrogen and oxygen atoms in total. The van der Waals surface area contributed by atoms with Crippen LogP contribution in [0.2, 0.25) is 0 Å². The second-order valence-corrected chi connectivity index (χ2v) is 6.61. The summed E-state index contributed by atoms with van der Waals surface area (Å²) in [6.45, 7) is 7.30. The van der Waals surface area contributed by atoms with Gasteiger partial charge in [0.15, 0.2) is 0 Å². The molecule has 0 spiro atoms. The number of fused-ring (bicyclic) bond motifs is 2. The van der Waals surface area contributed by atoms with Crippen LogP contribution >= 0.6 is 0 Å². The molecular formula is C15H30N2O. The summed E-state index contributed by atoms with van der Waals surface area (Å²) in [5.41, 5.74) is 3.03. The van der Waals surface area contributed by atoms with Gasteiger partial charge in [0, 0.05) is 12.6 Å². The van der Waals surface area contributed by atoms with Crippen molar-refractivity contribution in [2.24, 2.45) is 29.5 Å². The van der Waals surface area contributed by atoms with E-state index < -0.39 is 0 Å². The zero-order chi connectivity index (χ0) is 13.1. The molecule has 0 amide bonds. The summed E-state index contributed by atoms with van der Waals surface area (Å²) in [5, 5.41) is 0. The summed E-state index contributed by atoms with van der Waals surface area (Å²) >= 11 is 0. The van der Waals surface area contributed by atoms with Crippen LogP contribution in [0, 0.1) is 23.7 Å². The molecule has 3 heteroatoms. The second-order valence-electron chi connectivity index (χ2n) is 6.61. The average Bonchev–Trinajstić information content (AvgIpc) is 2.95. The maximum absolute atomic E-state index is 5.90. The molecule has 3 N–H and O–H groups in total. The zero-order valence-corrected chi connectivity index (χ0v) is 12.2. The summed E-state index contributed by atoms with van der Waals surface area (Å²) in [7, 11) is 0. The molecule has 2 aliphatic rings. The van der Waals surface area contributed by atoms with Crippen LogP contribution in [0.15, 0.2) is 0 Å². The summed E-state index contributed by atoms with van der Waals surface area (Å²) < 4.78 is 5.90. The molecule has 18 heavy (non-hydrogen) atoms. The van der Waals surface area contributed by atoms with E-state index in [9.17, 15) is 0 Å². The van der Waals surface area contributed by atoms with Crippen LogP contribution in [0.4, 0.5) is 0 Å². The van der Waals surface area contributed by atoms with Gasteiger partial charge in [-0.05, 0) is 56.3 Å². The van der Waals surface area contributed by atoms with Crippen molar-refractivity contribution < 1.29 is 4.74 Å². The minimum absolute atomic E-state index is 0.249. The molecule has 0 saturated heterocycles. The Morgan fingerprint density at radius 2 is 2.06 bits per heavy atom. The Hall–Kier alpha value is -0.120. The molecule has 0 aliphatic heterocycles. The van der Waals surface area contributed by atoms with Gasteiger partial charge in [0.25, 0.3) is 0 Å². The maximum atomic E-state index is 5.90. The van der Waals surface area contributed by atoms with Crippen LogP contribution in [-0.4, -0.2) is 18.8 Å².